The molecule has 1 aromatic heterocycles. The fourth-order valence-corrected chi connectivity index (χ4v) is 1.16. The zero-order valence-corrected chi connectivity index (χ0v) is 12.6. The lowest BCUT2D eigenvalue weighted by Gasteiger charge is -2.05. The summed E-state index contributed by atoms with van der Waals surface area (Å²) in [4.78, 5) is 25.6. The van der Waals surface area contributed by atoms with Crippen molar-refractivity contribution in [3.8, 4) is 5.75 Å². The minimum atomic E-state index is -4.64. The Balaban J connectivity index is 0.000000621. The van der Waals surface area contributed by atoms with Crippen molar-refractivity contribution in [2.45, 2.75) is 19.4 Å². The smallest absolute Gasteiger partial charge is 0.466 e. The number of methoxy groups -OCH3 is 1. The second kappa shape index (κ2) is 9.63. The zero-order valence-electron chi connectivity index (χ0n) is 11.7. The van der Waals surface area contributed by atoms with Gasteiger partial charge in [-0.05, 0) is 32.0 Å². The Morgan fingerprint density at radius 2 is 2.05 bits per heavy atom. The Morgan fingerprint density at radius 3 is 2.55 bits per heavy atom. The molecule has 1 aromatic rings. The summed E-state index contributed by atoms with van der Waals surface area (Å²) < 4.78 is 14.0. The van der Waals surface area contributed by atoms with Crippen molar-refractivity contribution >= 4 is 13.9 Å². The number of hydrogen-bond donors (Lipinski definition) is 4. The highest BCUT2D eigenvalue weighted by atomic mass is 31.2. The van der Waals surface area contributed by atoms with E-state index < -0.39 is 7.82 Å². The summed E-state index contributed by atoms with van der Waals surface area (Å²) in [5, 5.41) is 3.18. The van der Waals surface area contributed by atoms with Crippen LogP contribution in [0.2, 0.25) is 0 Å². The predicted molar refractivity (Wildman–Crippen MR) is 77.2 cm³/mol. The van der Waals surface area contributed by atoms with Crippen LogP contribution in [0.25, 0.3) is 6.08 Å². The van der Waals surface area contributed by atoms with E-state index in [1.54, 1.807) is 13.3 Å². The molecule has 114 valence electrons. The van der Waals surface area contributed by atoms with E-state index in [0.29, 0.717) is 6.04 Å². The van der Waals surface area contributed by atoms with Gasteiger partial charge in [0, 0.05) is 12.2 Å². The molecule has 7 nitrogen and oxygen atoms in total. The molecule has 0 unspecified atom stereocenters. The summed E-state index contributed by atoms with van der Waals surface area (Å²) >= 11 is 0. The topological polar surface area (TPSA) is 112 Å². The van der Waals surface area contributed by atoms with Crippen LogP contribution >= 0.6 is 7.82 Å². The van der Waals surface area contributed by atoms with Crippen LogP contribution in [0.3, 0.4) is 0 Å². The molecular formula is C12H21N2O5P. The highest BCUT2D eigenvalue weighted by molar-refractivity contribution is 7.45. The number of nitrogens with zero attached hydrogens (tertiary/aromatic N) is 1. The van der Waals surface area contributed by atoms with Crippen LogP contribution in [0, 0.1) is 0 Å². The Bertz CT molecular complexity index is 453. The Morgan fingerprint density at radius 1 is 1.45 bits per heavy atom. The molecule has 0 radical (unpaired) electrons. The van der Waals surface area contributed by atoms with Crippen molar-refractivity contribution in [1.29, 1.82) is 0 Å². The van der Waals surface area contributed by atoms with Gasteiger partial charge in [-0.1, -0.05) is 12.2 Å². The molecule has 1 heterocycles. The number of aromatic nitrogens is 1. The molecular weight excluding hydrogens is 283 g/mol. The standard InChI is InChI=1S/C12H18N2O.H3O4P/c1-10(13-2)5-4-6-11-7-12(15-3)9-14-8-11;1-5(2,3)4/h4,6-10,13H,5H2,1-3H3;(H3,1,2,3,4)/b6-4+;/t10-;/m0./s1. The van der Waals surface area contributed by atoms with Gasteiger partial charge < -0.3 is 24.7 Å². The molecule has 1 rings (SSSR count). The van der Waals surface area contributed by atoms with Crippen LogP contribution in [0.5, 0.6) is 5.75 Å². The van der Waals surface area contributed by atoms with Gasteiger partial charge in [0.2, 0.25) is 0 Å². The summed E-state index contributed by atoms with van der Waals surface area (Å²) in [6.45, 7) is 2.15. The van der Waals surface area contributed by atoms with Crippen molar-refractivity contribution < 1.29 is 24.0 Å². The first-order valence-electron chi connectivity index (χ1n) is 5.87. The summed E-state index contributed by atoms with van der Waals surface area (Å²) in [6, 6.07) is 2.47. The monoisotopic (exact) mass is 304 g/mol. The third-order valence-electron chi connectivity index (χ3n) is 2.26. The molecule has 0 amide bonds. The van der Waals surface area contributed by atoms with Crippen molar-refractivity contribution in [3.63, 3.8) is 0 Å². The van der Waals surface area contributed by atoms with Crippen LogP contribution in [-0.4, -0.2) is 39.9 Å². The normalized spacial score (nSPS) is 12.7. The van der Waals surface area contributed by atoms with E-state index in [4.69, 9.17) is 24.0 Å². The summed E-state index contributed by atoms with van der Waals surface area (Å²) in [6.07, 6.45) is 8.73. The Kier molecular flexibility index (Phi) is 9.03. The summed E-state index contributed by atoms with van der Waals surface area (Å²) in [5.41, 5.74) is 1.07. The van der Waals surface area contributed by atoms with E-state index in [0.717, 1.165) is 17.7 Å². The molecule has 0 aliphatic heterocycles. The molecule has 4 N–H and O–H groups in total. The van der Waals surface area contributed by atoms with Gasteiger partial charge in [-0.2, -0.15) is 0 Å². The highest BCUT2D eigenvalue weighted by Gasteiger charge is 2.00. The lowest BCUT2D eigenvalue weighted by atomic mass is 10.2. The van der Waals surface area contributed by atoms with Crippen LogP contribution in [0.15, 0.2) is 24.5 Å². The fourth-order valence-electron chi connectivity index (χ4n) is 1.16. The van der Waals surface area contributed by atoms with Crippen molar-refractivity contribution in [2.75, 3.05) is 14.2 Å². The lowest BCUT2D eigenvalue weighted by molar-refractivity contribution is 0.275. The SMILES string of the molecule is CN[C@@H](C)C/C=C/c1cncc(OC)c1.O=P(O)(O)O. The van der Waals surface area contributed by atoms with Crippen molar-refractivity contribution in [2.24, 2.45) is 0 Å². The maximum absolute atomic E-state index is 8.88. The van der Waals surface area contributed by atoms with Gasteiger partial charge in [0.05, 0.1) is 13.3 Å². The number of rotatable bonds is 5. The van der Waals surface area contributed by atoms with Crippen molar-refractivity contribution in [3.05, 3.63) is 30.1 Å². The van der Waals surface area contributed by atoms with Gasteiger partial charge in [-0.25, -0.2) is 4.57 Å². The molecule has 0 aliphatic carbocycles. The third-order valence-corrected chi connectivity index (χ3v) is 2.26. The van der Waals surface area contributed by atoms with E-state index in [2.05, 4.69) is 29.4 Å². The molecule has 0 fully saturated rings. The van der Waals surface area contributed by atoms with Gasteiger partial charge >= 0.3 is 7.82 Å². The molecule has 0 aromatic carbocycles. The molecule has 0 saturated carbocycles. The largest absolute Gasteiger partial charge is 0.495 e. The summed E-state index contributed by atoms with van der Waals surface area (Å²) in [7, 11) is -1.03. The van der Waals surface area contributed by atoms with Gasteiger partial charge in [0.25, 0.3) is 0 Å². The number of phosphoric acid groups is 1. The lowest BCUT2D eigenvalue weighted by Crippen LogP contribution is -2.19. The van der Waals surface area contributed by atoms with E-state index in [-0.39, 0.29) is 0 Å². The first-order chi connectivity index (χ1) is 9.26. The van der Waals surface area contributed by atoms with Crippen LogP contribution in [0.1, 0.15) is 18.9 Å². The number of hydrogen-bond acceptors (Lipinski definition) is 4. The molecule has 8 heteroatoms. The first-order valence-corrected chi connectivity index (χ1v) is 7.44. The van der Waals surface area contributed by atoms with E-state index >= 15 is 0 Å². The highest BCUT2D eigenvalue weighted by Crippen LogP contribution is 2.25. The third kappa shape index (κ3) is 11.8. The van der Waals surface area contributed by atoms with Crippen LogP contribution < -0.4 is 10.1 Å². The van der Waals surface area contributed by atoms with Crippen LogP contribution in [-0.2, 0) is 4.57 Å². The minimum Gasteiger partial charge on any atom is -0.495 e. The first kappa shape index (κ1) is 18.8. The summed E-state index contributed by atoms with van der Waals surface area (Å²) in [5.74, 6) is 0.791. The van der Waals surface area contributed by atoms with E-state index in [1.165, 1.54) is 0 Å². The Labute approximate surface area is 118 Å². The number of ether oxygens (including phenoxy) is 1. The van der Waals surface area contributed by atoms with Gasteiger partial charge in [0.1, 0.15) is 5.75 Å². The second-order valence-electron chi connectivity index (χ2n) is 4.00. The average Bonchev–Trinajstić information content (AvgIpc) is 2.37. The molecule has 0 bridgehead atoms. The maximum atomic E-state index is 8.88. The predicted octanol–water partition coefficient (Wildman–Crippen LogP) is 1.17. The minimum absolute atomic E-state index is 0.500. The zero-order chi connectivity index (χ0) is 15.6. The number of pyridine rings is 1. The second-order valence-corrected chi connectivity index (χ2v) is 5.03. The quantitative estimate of drug-likeness (QED) is 0.604. The average molecular weight is 304 g/mol. The number of nitrogens with one attached hydrogen (secondary N) is 1. The molecule has 20 heavy (non-hydrogen) atoms. The molecule has 0 saturated heterocycles. The molecule has 0 spiro atoms. The fraction of sp³-hybridized carbons (Fsp3) is 0.417. The van der Waals surface area contributed by atoms with Gasteiger partial charge in [-0.3, -0.25) is 4.98 Å². The molecule has 1 atom stereocenters. The Hall–Kier alpha value is -1.24. The van der Waals surface area contributed by atoms with Gasteiger partial charge in [-0.15, -0.1) is 0 Å². The van der Waals surface area contributed by atoms with E-state index in [1.807, 2.05) is 19.3 Å². The maximum Gasteiger partial charge on any atom is 0.466 e. The van der Waals surface area contributed by atoms with Crippen molar-refractivity contribution in [1.82, 2.24) is 10.3 Å². The molecule has 0 aliphatic rings. The van der Waals surface area contributed by atoms with E-state index in [9.17, 15) is 0 Å². The van der Waals surface area contributed by atoms with Gasteiger partial charge in [0.15, 0.2) is 0 Å². The van der Waals surface area contributed by atoms with Crippen LogP contribution in [0.4, 0.5) is 0 Å².